The van der Waals surface area contributed by atoms with Crippen molar-refractivity contribution in [2.75, 3.05) is 13.2 Å². The highest BCUT2D eigenvalue weighted by atomic mass is 16.5. The predicted molar refractivity (Wildman–Crippen MR) is 121 cm³/mol. The molecular weight excluding hydrogens is 422 g/mol. The van der Waals surface area contributed by atoms with E-state index in [1.807, 2.05) is 54.6 Å². The van der Waals surface area contributed by atoms with Crippen molar-refractivity contribution in [3.05, 3.63) is 71.8 Å². The average molecular weight is 447 g/mol. The first-order chi connectivity index (χ1) is 16.0. The molecule has 0 aromatic heterocycles. The van der Waals surface area contributed by atoms with Gasteiger partial charge in [-0.25, -0.2) is 9.59 Å². The highest BCUT2D eigenvalue weighted by Crippen LogP contribution is 2.44. The number of rotatable bonds is 10. The average Bonchev–Trinajstić information content (AvgIpc) is 3.13. The Hall–Kier alpha value is -4.12. The van der Waals surface area contributed by atoms with Crippen LogP contribution in [0.15, 0.2) is 60.7 Å². The smallest absolute Gasteiger partial charge is 0.407 e. The molecule has 0 spiro atoms. The fourth-order valence-corrected chi connectivity index (χ4v) is 3.88. The summed E-state index contributed by atoms with van der Waals surface area (Å²) in [5.74, 6) is -1.70. The molecule has 2 amide bonds. The molecule has 1 aliphatic carbocycles. The monoisotopic (exact) mass is 447 g/mol. The fourth-order valence-electron chi connectivity index (χ4n) is 3.88. The number of carboxylic acids is 1. The second kappa shape index (κ2) is 11.5. The van der Waals surface area contributed by atoms with Crippen molar-refractivity contribution in [2.24, 2.45) is 0 Å². The van der Waals surface area contributed by atoms with Crippen LogP contribution < -0.4 is 10.6 Å². The number of unbranched alkanes of at least 4 members (excludes halogenated alkanes) is 1. The zero-order chi connectivity index (χ0) is 23.6. The van der Waals surface area contributed by atoms with E-state index in [0.29, 0.717) is 6.42 Å². The Labute approximate surface area is 191 Å². The van der Waals surface area contributed by atoms with Gasteiger partial charge in [0.2, 0.25) is 5.91 Å². The fraction of sp³-hybridized carbons (Fsp3) is 0.280. The molecule has 8 heteroatoms. The highest BCUT2D eigenvalue weighted by Gasteiger charge is 2.29. The van der Waals surface area contributed by atoms with Crippen LogP contribution in [-0.2, 0) is 14.3 Å². The number of carbonyl (C=O) groups excluding carboxylic acids is 2. The molecule has 1 aliphatic rings. The first-order valence-corrected chi connectivity index (χ1v) is 10.7. The minimum Gasteiger partial charge on any atom is -0.478 e. The van der Waals surface area contributed by atoms with E-state index in [4.69, 9.17) is 15.1 Å². The number of amides is 2. The maximum absolute atomic E-state index is 12.5. The molecule has 3 rings (SSSR count). The number of fused-ring (bicyclic) bond motifs is 3. The summed E-state index contributed by atoms with van der Waals surface area (Å²) in [4.78, 5) is 35.5. The summed E-state index contributed by atoms with van der Waals surface area (Å²) in [6.07, 6.45) is 2.41. The van der Waals surface area contributed by atoms with Crippen LogP contribution in [0.2, 0.25) is 0 Å². The van der Waals surface area contributed by atoms with E-state index < -0.39 is 24.0 Å². The molecule has 2 aromatic rings. The summed E-state index contributed by atoms with van der Waals surface area (Å²) in [7, 11) is 0. The minimum atomic E-state index is -1.12. The van der Waals surface area contributed by atoms with Crippen LogP contribution in [0.5, 0.6) is 0 Å². The Bertz CT molecular complexity index is 1040. The number of ether oxygens (including phenoxy) is 1. The summed E-state index contributed by atoms with van der Waals surface area (Å²) >= 11 is 0. The zero-order valence-corrected chi connectivity index (χ0v) is 18.0. The van der Waals surface area contributed by atoms with Gasteiger partial charge in [0, 0.05) is 25.0 Å². The lowest BCUT2D eigenvalue weighted by atomic mass is 9.98. The van der Waals surface area contributed by atoms with Crippen LogP contribution in [0.4, 0.5) is 4.79 Å². The van der Waals surface area contributed by atoms with E-state index in [9.17, 15) is 14.4 Å². The van der Waals surface area contributed by atoms with Crippen molar-refractivity contribution in [1.29, 1.82) is 5.26 Å². The predicted octanol–water partition coefficient (Wildman–Crippen LogP) is 3.34. The van der Waals surface area contributed by atoms with Gasteiger partial charge in [-0.1, -0.05) is 54.6 Å². The van der Waals surface area contributed by atoms with Crippen LogP contribution in [0.25, 0.3) is 11.1 Å². The first kappa shape index (κ1) is 23.5. The van der Waals surface area contributed by atoms with Crippen LogP contribution in [0, 0.1) is 11.3 Å². The van der Waals surface area contributed by atoms with Gasteiger partial charge in [0.05, 0.1) is 6.07 Å². The zero-order valence-electron chi connectivity index (χ0n) is 18.0. The van der Waals surface area contributed by atoms with E-state index in [2.05, 4.69) is 10.6 Å². The summed E-state index contributed by atoms with van der Waals surface area (Å²) in [5, 5.41) is 22.5. The third-order valence-corrected chi connectivity index (χ3v) is 5.39. The second-order valence-electron chi connectivity index (χ2n) is 7.56. The SMILES string of the molecule is N#CCCCC(NC(=O)OCC1c2ccccc2-c2ccccc21)C(=O)NC/C=C/C(=O)O. The molecule has 8 nitrogen and oxygen atoms in total. The molecule has 170 valence electrons. The Morgan fingerprint density at radius 1 is 1.09 bits per heavy atom. The number of nitrogens with one attached hydrogen (secondary N) is 2. The van der Waals surface area contributed by atoms with Crippen molar-refractivity contribution < 1.29 is 24.2 Å². The van der Waals surface area contributed by atoms with Gasteiger partial charge in [0.25, 0.3) is 0 Å². The first-order valence-electron chi connectivity index (χ1n) is 10.7. The van der Waals surface area contributed by atoms with Crippen molar-refractivity contribution in [1.82, 2.24) is 10.6 Å². The molecule has 0 heterocycles. The molecule has 0 saturated heterocycles. The lowest BCUT2D eigenvalue weighted by Crippen LogP contribution is -2.47. The third kappa shape index (κ3) is 6.20. The van der Waals surface area contributed by atoms with Crippen LogP contribution >= 0.6 is 0 Å². The number of alkyl carbamates (subject to hydrolysis) is 1. The van der Waals surface area contributed by atoms with E-state index >= 15 is 0 Å². The Kier molecular flexibility index (Phi) is 8.19. The van der Waals surface area contributed by atoms with Gasteiger partial charge < -0.3 is 20.5 Å². The molecule has 0 fully saturated rings. The van der Waals surface area contributed by atoms with E-state index in [1.54, 1.807) is 0 Å². The summed E-state index contributed by atoms with van der Waals surface area (Å²) in [5.41, 5.74) is 4.40. The van der Waals surface area contributed by atoms with E-state index in [0.717, 1.165) is 28.3 Å². The number of hydrogen-bond acceptors (Lipinski definition) is 5. The van der Waals surface area contributed by atoms with Gasteiger partial charge in [0.15, 0.2) is 0 Å². The number of nitrogens with zero attached hydrogens (tertiary/aromatic N) is 1. The maximum atomic E-state index is 12.5. The second-order valence-corrected chi connectivity index (χ2v) is 7.56. The van der Waals surface area contributed by atoms with Gasteiger partial charge in [0.1, 0.15) is 12.6 Å². The number of benzene rings is 2. The van der Waals surface area contributed by atoms with Gasteiger partial charge in [-0.15, -0.1) is 0 Å². The van der Waals surface area contributed by atoms with Crippen molar-refractivity contribution >= 4 is 18.0 Å². The van der Waals surface area contributed by atoms with E-state index in [1.165, 1.54) is 6.08 Å². The molecule has 2 aromatic carbocycles. The lowest BCUT2D eigenvalue weighted by Gasteiger charge is -2.19. The standard InChI is InChI=1S/C25H25N3O5/c26-14-6-5-12-22(24(31)27-15-7-13-23(29)30)28-25(32)33-16-21-19-10-3-1-8-17(19)18-9-2-4-11-20(18)21/h1-4,7-11,13,21-22H,5-6,12,15-16H2,(H,27,31)(H,28,32)(H,29,30)/b13-7+. The quantitative estimate of drug-likeness (QED) is 0.378. The Morgan fingerprint density at radius 3 is 2.33 bits per heavy atom. The van der Waals surface area contributed by atoms with Gasteiger partial charge in [-0.2, -0.15) is 5.26 Å². The van der Waals surface area contributed by atoms with Gasteiger partial charge in [-0.05, 0) is 35.1 Å². The lowest BCUT2D eigenvalue weighted by molar-refractivity contribution is -0.131. The molecule has 0 radical (unpaired) electrons. The van der Waals surface area contributed by atoms with Crippen molar-refractivity contribution in [2.45, 2.75) is 31.2 Å². The minimum absolute atomic E-state index is 0.00620. The normalized spacial score (nSPS) is 12.9. The highest BCUT2D eigenvalue weighted by molar-refractivity contribution is 5.86. The molecule has 33 heavy (non-hydrogen) atoms. The molecule has 0 aliphatic heterocycles. The number of carbonyl (C=O) groups is 3. The summed E-state index contributed by atoms with van der Waals surface area (Å²) in [6.45, 7) is 0.125. The number of nitriles is 1. The van der Waals surface area contributed by atoms with E-state index in [-0.39, 0.29) is 31.9 Å². The molecule has 0 bridgehead atoms. The van der Waals surface area contributed by atoms with Crippen LogP contribution in [0.3, 0.4) is 0 Å². The molecule has 0 saturated carbocycles. The van der Waals surface area contributed by atoms with Crippen LogP contribution in [-0.4, -0.2) is 42.3 Å². The summed E-state index contributed by atoms with van der Waals surface area (Å²) < 4.78 is 5.50. The van der Waals surface area contributed by atoms with Crippen molar-refractivity contribution in [3.8, 4) is 17.2 Å². The molecule has 1 unspecified atom stereocenters. The maximum Gasteiger partial charge on any atom is 0.407 e. The van der Waals surface area contributed by atoms with Gasteiger partial charge >= 0.3 is 12.1 Å². The van der Waals surface area contributed by atoms with Crippen molar-refractivity contribution in [3.63, 3.8) is 0 Å². The topological polar surface area (TPSA) is 129 Å². The summed E-state index contributed by atoms with van der Waals surface area (Å²) in [6, 6.07) is 17.1. The Balaban J connectivity index is 1.61. The Morgan fingerprint density at radius 2 is 1.73 bits per heavy atom. The van der Waals surface area contributed by atoms with Crippen LogP contribution in [0.1, 0.15) is 36.3 Å². The largest absolute Gasteiger partial charge is 0.478 e. The van der Waals surface area contributed by atoms with Gasteiger partial charge in [-0.3, -0.25) is 4.79 Å². The number of carboxylic acid groups (broad SMARTS) is 1. The number of aliphatic carboxylic acids is 1. The third-order valence-electron chi connectivity index (χ3n) is 5.39. The molecule has 1 atom stereocenters. The molecule has 3 N–H and O–H groups in total. The number of hydrogen-bond donors (Lipinski definition) is 3. The molecular formula is C25H25N3O5.